The molecule has 0 radical (unpaired) electrons. The molecule has 602 valence electrons. The molecule has 8 atom stereocenters. The van der Waals surface area contributed by atoms with Gasteiger partial charge >= 0.3 is 35.8 Å². The summed E-state index contributed by atoms with van der Waals surface area (Å²) in [5.74, 6) is 4.43. The van der Waals surface area contributed by atoms with E-state index in [1.165, 1.54) is 50.5 Å². The molecule has 0 spiro atoms. The minimum Gasteiger partial charge on any atom is -0.508 e. The molecule has 102 heavy (non-hydrogen) atoms. The molecule has 13 aliphatic rings. The van der Waals surface area contributed by atoms with Crippen molar-refractivity contribution in [3.63, 3.8) is 0 Å². The average Bonchev–Trinajstić information content (AvgIpc) is 0.870. The summed E-state index contributed by atoms with van der Waals surface area (Å²) >= 11 is 0. The van der Waals surface area contributed by atoms with Crippen LogP contribution in [0.4, 0.5) is 0 Å². The van der Waals surface area contributed by atoms with E-state index >= 15 is 0 Å². The zero-order valence-electron chi connectivity index (χ0n) is 60.2. The van der Waals surface area contributed by atoms with Crippen molar-refractivity contribution in [1.29, 1.82) is 0 Å². The first-order valence-corrected chi connectivity index (χ1v) is 36.3. The van der Waals surface area contributed by atoms with Crippen LogP contribution in [0, 0.1) is 80.8 Å². The molecule has 2 saturated heterocycles. The Balaban J connectivity index is -0.000000584. The number of fused-ring (bicyclic) bond motifs is 1. The van der Waals surface area contributed by atoms with E-state index in [0.717, 1.165) is 95.3 Å². The summed E-state index contributed by atoms with van der Waals surface area (Å²) in [5, 5.41) is 30.3. The Morgan fingerprint density at radius 2 is 0.951 bits per heavy atom. The van der Waals surface area contributed by atoms with Crippen molar-refractivity contribution >= 4 is 35.8 Å². The van der Waals surface area contributed by atoms with Crippen molar-refractivity contribution in [2.75, 3.05) is 6.61 Å². The third-order valence-corrected chi connectivity index (χ3v) is 24.9. The van der Waals surface area contributed by atoms with E-state index in [1.807, 2.05) is 74.4 Å². The average molecular weight is 1450 g/mol. The monoisotopic (exact) mass is 1450 g/mol. The standard InChI is InChI=1S/C19H32O2.C18H26O6.C16H26O4.C14H26O2.C10H14O.10CH4/c1-6-18(4,5)17(20)21-19(12(2)3)15-8-13-7-14(10-15)11-16(19)9-13;1-4-18(2,3)17(21)22-9-14(19)24-15-11-5-10-6-12(8-11)16(20)23-13(15)7-10;1-4-13(2,3)12(17)20-16-7-11-5-14(18,9-16)8-15(19,6-11)10-16;1-6-13(4,5)12(15)16-14(11(2)3)9-7-8-10-14;1-3-8(2)9-4-6-10(11)7-5-9;;;;;;;;;;/h12-16H,6-11H2,1-5H3;10-13,15H,4-9H2,1-3H3;11,18-19H,4-10H2,1-3H3;11H,6-10H2,1-5H3;4-8,11H,3H2,1-2H3;10*1H4. The molecule has 1 aromatic rings. The number of rotatable bonds is 18. The largest absolute Gasteiger partial charge is 0.508 e. The second kappa shape index (κ2) is 40.6. The van der Waals surface area contributed by atoms with E-state index in [2.05, 4.69) is 48.5 Å². The van der Waals surface area contributed by atoms with E-state index in [9.17, 15) is 39.0 Å². The Kier molecular flexibility index (Phi) is 41.5. The number of phenols is 1. The van der Waals surface area contributed by atoms with Crippen LogP contribution in [-0.4, -0.2) is 98.0 Å². The molecule has 0 aromatic heterocycles. The fourth-order valence-electron chi connectivity index (χ4n) is 17.8. The van der Waals surface area contributed by atoms with Crippen LogP contribution in [0.25, 0.3) is 0 Å². The number of phenolic OH excluding ortho intramolecular Hbond substituents is 1. The van der Waals surface area contributed by atoms with Crippen LogP contribution in [0.3, 0.4) is 0 Å². The normalized spacial score (nSPS) is 30.4. The van der Waals surface area contributed by atoms with E-state index in [1.54, 1.807) is 26.0 Å². The van der Waals surface area contributed by atoms with E-state index < -0.39 is 45.7 Å². The first-order chi connectivity index (χ1) is 42.8. The van der Waals surface area contributed by atoms with E-state index in [4.69, 9.17) is 33.5 Å². The molecular weight excluding hydrogens is 1280 g/mol. The lowest BCUT2D eigenvalue weighted by molar-refractivity contribution is -0.264. The van der Waals surface area contributed by atoms with Gasteiger partial charge in [-0.2, -0.15) is 0 Å². The molecule has 11 aliphatic carbocycles. The van der Waals surface area contributed by atoms with Crippen LogP contribution in [-0.2, 0) is 57.2 Å². The Morgan fingerprint density at radius 1 is 0.520 bits per heavy atom. The highest BCUT2D eigenvalue weighted by Crippen LogP contribution is 2.63. The highest BCUT2D eigenvalue weighted by atomic mass is 16.6. The van der Waals surface area contributed by atoms with Gasteiger partial charge in [0.2, 0.25) is 0 Å². The molecule has 14 rings (SSSR count). The van der Waals surface area contributed by atoms with Gasteiger partial charge in [-0.3, -0.25) is 24.0 Å². The van der Waals surface area contributed by atoms with Crippen LogP contribution in [0.1, 0.15) is 364 Å². The third kappa shape index (κ3) is 23.9. The Labute approximate surface area is 627 Å². The van der Waals surface area contributed by atoms with Crippen molar-refractivity contribution in [2.24, 2.45) is 80.8 Å². The number of hydrogen-bond donors (Lipinski definition) is 3. The molecular formula is C87H164O15. The van der Waals surface area contributed by atoms with Gasteiger partial charge in [-0.15, -0.1) is 0 Å². The zero-order chi connectivity index (χ0) is 68.4. The maximum absolute atomic E-state index is 12.8. The summed E-state index contributed by atoms with van der Waals surface area (Å²) in [6.45, 7) is 36.2. The van der Waals surface area contributed by atoms with Crippen LogP contribution in [0.5, 0.6) is 5.75 Å². The summed E-state index contributed by atoms with van der Waals surface area (Å²) in [7, 11) is 0. The number of hydrogen-bond acceptors (Lipinski definition) is 15. The van der Waals surface area contributed by atoms with Gasteiger partial charge in [0.1, 0.15) is 34.8 Å². The van der Waals surface area contributed by atoms with E-state index in [0.29, 0.717) is 66.9 Å². The van der Waals surface area contributed by atoms with Gasteiger partial charge in [-0.05, 0) is 261 Å². The van der Waals surface area contributed by atoms with E-state index in [-0.39, 0.29) is 151 Å². The van der Waals surface area contributed by atoms with Gasteiger partial charge < -0.3 is 43.7 Å². The molecule has 13 fully saturated rings. The van der Waals surface area contributed by atoms with Gasteiger partial charge in [0, 0.05) is 25.2 Å². The van der Waals surface area contributed by atoms with Crippen LogP contribution in [0.2, 0.25) is 0 Å². The summed E-state index contributed by atoms with van der Waals surface area (Å²) in [4.78, 5) is 73.4. The molecule has 2 heterocycles. The van der Waals surface area contributed by atoms with Crippen molar-refractivity contribution in [3.8, 4) is 5.75 Å². The lowest BCUT2D eigenvalue weighted by Crippen LogP contribution is -2.67. The van der Waals surface area contributed by atoms with Gasteiger partial charge in [-0.25, -0.2) is 4.79 Å². The number of aliphatic hydroxyl groups is 2. The van der Waals surface area contributed by atoms with Gasteiger partial charge in [0.15, 0.2) is 6.61 Å². The quantitative estimate of drug-likeness (QED) is 0.0919. The number of benzene rings is 1. The summed E-state index contributed by atoms with van der Waals surface area (Å²) in [6.07, 6.45) is 21.6. The molecule has 12 bridgehead atoms. The smallest absolute Gasteiger partial charge is 0.344 e. The predicted octanol–water partition coefficient (Wildman–Crippen LogP) is 22.4. The molecule has 1 aromatic carbocycles. The highest BCUT2D eigenvalue weighted by Gasteiger charge is 2.65. The van der Waals surface area contributed by atoms with Gasteiger partial charge in [0.05, 0.1) is 38.8 Å². The van der Waals surface area contributed by atoms with Crippen LogP contribution in [0.15, 0.2) is 24.3 Å². The third-order valence-electron chi connectivity index (χ3n) is 24.9. The molecule has 2 aliphatic heterocycles. The topological polar surface area (TPSA) is 218 Å². The second-order valence-electron chi connectivity index (χ2n) is 34.2. The molecule has 15 heteroatoms. The van der Waals surface area contributed by atoms with Crippen molar-refractivity contribution in [1.82, 2.24) is 0 Å². The summed E-state index contributed by atoms with van der Waals surface area (Å²) in [5.41, 5.74) is -3.20. The maximum atomic E-state index is 12.8. The maximum Gasteiger partial charge on any atom is 0.344 e. The fraction of sp³-hybridized carbons (Fsp3) is 0.862. The van der Waals surface area contributed by atoms with Crippen molar-refractivity contribution < 1.29 is 72.5 Å². The number of esters is 6. The first-order valence-electron chi connectivity index (χ1n) is 36.3. The van der Waals surface area contributed by atoms with Crippen LogP contribution < -0.4 is 0 Å². The predicted molar refractivity (Wildman–Crippen MR) is 423 cm³/mol. The first kappa shape index (κ1) is 104. The molecule has 15 nitrogen and oxygen atoms in total. The Bertz CT molecular complexity index is 2650. The minimum atomic E-state index is -0.842. The minimum absolute atomic E-state index is 0. The fourth-order valence-corrected chi connectivity index (χ4v) is 17.8. The van der Waals surface area contributed by atoms with Gasteiger partial charge in [0.25, 0.3) is 0 Å². The number of ether oxygens (including phenoxy) is 6. The summed E-state index contributed by atoms with van der Waals surface area (Å²) in [6, 6.07) is 7.43. The number of carbonyl (C=O) groups is 6. The Hall–Kier alpha value is -4.24. The number of aromatic hydroxyl groups is 1. The molecule has 3 N–H and O–H groups in total. The second-order valence-corrected chi connectivity index (χ2v) is 34.2. The van der Waals surface area contributed by atoms with Crippen molar-refractivity contribution in [3.05, 3.63) is 29.8 Å². The van der Waals surface area contributed by atoms with Crippen LogP contribution >= 0.6 is 0 Å². The molecule has 11 saturated carbocycles. The Morgan fingerprint density at radius 3 is 1.37 bits per heavy atom. The SMILES string of the molecule is C.C.C.C.C.C.C.C.C.C.CCC(C)(C)C(=O)OC1(C(C)C)C2CC3CC(C2)CC1C3.CCC(C)(C)C(=O)OC1(C(C)C)CCCC1.CCC(C)(C)C(=O)OC12CC3CC(O)(CC(O)(C3)C1)C2.CCC(C)(C)C(=O)OCC(=O)OC1C2CC3CC(C2)C(=O)OC1C3.CCC(C)c1ccc(O)cc1. The van der Waals surface area contributed by atoms with Gasteiger partial charge in [-0.1, -0.05) is 156 Å². The zero-order valence-corrected chi connectivity index (χ0v) is 60.2. The van der Waals surface area contributed by atoms with Crippen molar-refractivity contribution in [2.45, 2.75) is 399 Å². The highest BCUT2D eigenvalue weighted by molar-refractivity contribution is 5.80. The lowest BCUT2D eigenvalue weighted by Gasteiger charge is -2.62. The number of carbonyl (C=O) groups excluding carboxylic acids is 6. The summed E-state index contributed by atoms with van der Waals surface area (Å²) < 4.78 is 34.3. The molecule has 0 amide bonds. The lowest BCUT2D eigenvalue weighted by atomic mass is 9.47. The molecule has 8 unspecified atom stereocenters.